The van der Waals surface area contributed by atoms with Crippen LogP contribution < -0.4 is 9.47 Å². The third kappa shape index (κ3) is 7.88. The first-order valence-electron chi connectivity index (χ1n) is 11.6. The van der Waals surface area contributed by atoms with Gasteiger partial charge in [-0.15, -0.1) is 10.2 Å². The molecule has 0 amide bonds. The van der Waals surface area contributed by atoms with Crippen LogP contribution in [0.15, 0.2) is 59.8 Å². The van der Waals surface area contributed by atoms with Gasteiger partial charge in [0.1, 0.15) is 24.7 Å². The van der Waals surface area contributed by atoms with E-state index in [0.29, 0.717) is 36.0 Å². The summed E-state index contributed by atoms with van der Waals surface area (Å²) in [5.74, 6) is 3.23. The Morgan fingerprint density at radius 3 is 2.41 bits per heavy atom. The van der Waals surface area contributed by atoms with Crippen LogP contribution in [-0.4, -0.2) is 44.1 Å². The second kappa shape index (κ2) is 13.2. The van der Waals surface area contributed by atoms with Crippen LogP contribution >= 0.6 is 11.8 Å². The Balaban J connectivity index is 1.54. The number of carbonyl (C=O) groups is 1. The zero-order valence-electron chi connectivity index (χ0n) is 20.0. The lowest BCUT2D eigenvalue weighted by Gasteiger charge is -2.14. The van der Waals surface area contributed by atoms with Crippen molar-refractivity contribution in [3.05, 3.63) is 66.0 Å². The first kappa shape index (κ1) is 25.8. The molecule has 0 aliphatic heterocycles. The molecule has 0 fully saturated rings. The van der Waals surface area contributed by atoms with Crippen molar-refractivity contribution in [3.63, 3.8) is 0 Å². The molecular weight excluding hydrogens is 450 g/mol. The lowest BCUT2D eigenvalue weighted by molar-refractivity contribution is 0.0987. The summed E-state index contributed by atoms with van der Waals surface area (Å²) in [4.78, 5) is 11.7. The maximum absolute atomic E-state index is 11.7. The minimum atomic E-state index is -0.679. The van der Waals surface area contributed by atoms with Gasteiger partial charge >= 0.3 is 0 Å². The summed E-state index contributed by atoms with van der Waals surface area (Å²) in [5.41, 5.74) is 0.665. The summed E-state index contributed by atoms with van der Waals surface area (Å²) in [7, 11) is 0. The predicted molar refractivity (Wildman–Crippen MR) is 134 cm³/mol. The van der Waals surface area contributed by atoms with E-state index in [0.717, 1.165) is 29.7 Å². The molecule has 2 aromatic carbocycles. The maximum atomic E-state index is 11.7. The fourth-order valence-electron chi connectivity index (χ4n) is 3.16. The number of thioether (sulfide) groups is 1. The van der Waals surface area contributed by atoms with E-state index in [9.17, 15) is 9.90 Å². The second-order valence-electron chi connectivity index (χ2n) is 8.41. The van der Waals surface area contributed by atoms with Crippen LogP contribution in [0.5, 0.6) is 11.5 Å². The molecule has 1 N–H and O–H groups in total. The van der Waals surface area contributed by atoms with Crippen molar-refractivity contribution in [1.82, 2.24) is 14.8 Å². The van der Waals surface area contributed by atoms with Crippen molar-refractivity contribution in [2.75, 3.05) is 12.4 Å². The fourth-order valence-corrected chi connectivity index (χ4v) is 4.05. The van der Waals surface area contributed by atoms with Crippen molar-refractivity contribution in [2.45, 2.75) is 58.0 Å². The van der Waals surface area contributed by atoms with Crippen molar-refractivity contribution in [2.24, 2.45) is 5.92 Å². The van der Waals surface area contributed by atoms with Crippen LogP contribution in [0.1, 0.15) is 49.8 Å². The first-order valence-corrected chi connectivity index (χ1v) is 12.6. The number of aliphatic hydroxyl groups excluding tert-OH is 1. The zero-order chi connectivity index (χ0) is 24.3. The van der Waals surface area contributed by atoms with Crippen molar-refractivity contribution >= 4 is 17.5 Å². The van der Waals surface area contributed by atoms with E-state index in [-0.39, 0.29) is 12.4 Å². The van der Waals surface area contributed by atoms with Gasteiger partial charge in [0.2, 0.25) is 0 Å². The van der Waals surface area contributed by atoms with Gasteiger partial charge in [-0.25, -0.2) is 0 Å². The topological polar surface area (TPSA) is 86.5 Å². The second-order valence-corrected chi connectivity index (χ2v) is 9.40. The Hall–Kier alpha value is -2.84. The molecule has 0 radical (unpaired) electrons. The van der Waals surface area contributed by atoms with Crippen molar-refractivity contribution in [1.29, 1.82) is 0 Å². The third-order valence-corrected chi connectivity index (χ3v) is 6.29. The number of carbonyl (C=O) groups excluding carboxylic acids is 1. The average molecular weight is 484 g/mol. The van der Waals surface area contributed by atoms with E-state index >= 15 is 0 Å². The monoisotopic (exact) mass is 483 g/mol. The summed E-state index contributed by atoms with van der Waals surface area (Å²) in [6.07, 6.45) is 0.783. The van der Waals surface area contributed by atoms with Gasteiger partial charge < -0.3 is 19.1 Å². The number of hydrogen-bond acceptors (Lipinski definition) is 7. The molecule has 1 aromatic heterocycles. The standard InChI is InChI=1S/C26H33N3O4S/c1-4-24(31)20-10-12-23(13-11-20)32-16-21(30)18-34-26-28-27-25(29(26)15-14-19(2)3)17-33-22-8-6-5-7-9-22/h5-13,19,21,30H,4,14-18H2,1-3H3. The number of ether oxygens (including phenoxy) is 2. The van der Waals surface area contributed by atoms with E-state index in [1.54, 1.807) is 24.3 Å². The molecule has 0 saturated heterocycles. The number of hydrogen-bond donors (Lipinski definition) is 1. The highest BCUT2D eigenvalue weighted by molar-refractivity contribution is 7.99. The Morgan fingerprint density at radius 1 is 1.03 bits per heavy atom. The van der Waals surface area contributed by atoms with Gasteiger partial charge in [0.25, 0.3) is 0 Å². The van der Waals surface area contributed by atoms with Crippen LogP contribution in [0.4, 0.5) is 0 Å². The number of aromatic nitrogens is 3. The van der Waals surface area contributed by atoms with Crippen LogP contribution in [0.3, 0.4) is 0 Å². The van der Waals surface area contributed by atoms with E-state index in [4.69, 9.17) is 9.47 Å². The highest BCUT2D eigenvalue weighted by Crippen LogP contribution is 2.21. The molecule has 0 bridgehead atoms. The molecule has 1 atom stereocenters. The lowest BCUT2D eigenvalue weighted by atomic mass is 10.1. The van der Waals surface area contributed by atoms with Gasteiger partial charge in [-0.1, -0.05) is 50.7 Å². The Kier molecular flexibility index (Phi) is 9.97. The highest BCUT2D eigenvalue weighted by atomic mass is 32.2. The smallest absolute Gasteiger partial charge is 0.191 e. The summed E-state index contributed by atoms with van der Waals surface area (Å²) in [6, 6.07) is 16.6. The van der Waals surface area contributed by atoms with Crippen LogP contribution in [0.2, 0.25) is 0 Å². The molecule has 1 unspecified atom stereocenters. The Morgan fingerprint density at radius 2 is 1.74 bits per heavy atom. The normalized spacial score (nSPS) is 12.0. The predicted octanol–water partition coefficient (Wildman–Crippen LogP) is 5.03. The summed E-state index contributed by atoms with van der Waals surface area (Å²) in [6.45, 7) is 7.47. The van der Waals surface area contributed by atoms with Gasteiger partial charge in [-0.05, 0) is 48.7 Å². The molecule has 0 spiro atoms. The van der Waals surface area contributed by atoms with Gasteiger partial charge in [-0.2, -0.15) is 0 Å². The summed E-state index contributed by atoms with van der Waals surface area (Å²) < 4.78 is 13.6. The number of ketones is 1. The van der Waals surface area contributed by atoms with Crippen LogP contribution in [-0.2, 0) is 13.2 Å². The molecule has 0 aliphatic rings. The molecule has 0 aliphatic carbocycles. The SMILES string of the molecule is CCC(=O)c1ccc(OCC(O)CSc2nnc(COc3ccccc3)n2CCC(C)C)cc1. The van der Waals surface area contributed by atoms with Gasteiger partial charge in [0, 0.05) is 24.3 Å². The van der Waals surface area contributed by atoms with Crippen LogP contribution in [0.25, 0.3) is 0 Å². The summed E-state index contributed by atoms with van der Waals surface area (Å²) in [5, 5.41) is 19.9. The van der Waals surface area contributed by atoms with E-state index in [1.165, 1.54) is 11.8 Å². The first-order chi connectivity index (χ1) is 16.5. The zero-order valence-corrected chi connectivity index (χ0v) is 20.8. The number of benzene rings is 2. The molecule has 0 saturated carbocycles. The molecule has 8 heteroatoms. The quantitative estimate of drug-likeness (QED) is 0.254. The van der Waals surface area contributed by atoms with E-state index < -0.39 is 6.10 Å². The maximum Gasteiger partial charge on any atom is 0.191 e. The third-order valence-electron chi connectivity index (χ3n) is 5.18. The fraction of sp³-hybridized carbons (Fsp3) is 0.423. The van der Waals surface area contributed by atoms with Crippen molar-refractivity contribution in [3.8, 4) is 11.5 Å². The van der Waals surface area contributed by atoms with E-state index in [2.05, 4.69) is 28.6 Å². The van der Waals surface area contributed by atoms with E-state index in [1.807, 2.05) is 37.3 Å². The minimum Gasteiger partial charge on any atom is -0.491 e. The summed E-state index contributed by atoms with van der Waals surface area (Å²) >= 11 is 1.45. The van der Waals surface area contributed by atoms with Gasteiger partial charge in [0.15, 0.2) is 16.8 Å². The Labute approximate surface area is 205 Å². The van der Waals surface area contributed by atoms with Gasteiger partial charge in [0.05, 0.1) is 6.10 Å². The lowest BCUT2D eigenvalue weighted by Crippen LogP contribution is -2.20. The molecule has 34 heavy (non-hydrogen) atoms. The molecular formula is C26H33N3O4S. The average Bonchev–Trinajstić information content (AvgIpc) is 3.25. The molecule has 3 rings (SSSR count). The molecule has 7 nitrogen and oxygen atoms in total. The number of nitrogens with zero attached hydrogens (tertiary/aromatic N) is 3. The largest absolute Gasteiger partial charge is 0.491 e. The minimum absolute atomic E-state index is 0.0955. The number of para-hydroxylation sites is 1. The highest BCUT2D eigenvalue weighted by Gasteiger charge is 2.16. The van der Waals surface area contributed by atoms with Crippen molar-refractivity contribution < 1.29 is 19.4 Å². The van der Waals surface area contributed by atoms with Crippen LogP contribution in [0, 0.1) is 5.92 Å². The molecule has 3 aromatic rings. The number of rotatable bonds is 14. The van der Waals surface area contributed by atoms with Gasteiger partial charge in [-0.3, -0.25) is 4.79 Å². The number of Topliss-reactive ketones (excluding diaryl/α,β-unsaturated/α-hetero) is 1. The Bertz CT molecular complexity index is 1020. The number of aliphatic hydroxyl groups is 1. The molecule has 1 heterocycles. The molecule has 182 valence electrons.